The van der Waals surface area contributed by atoms with E-state index in [0.717, 1.165) is 18.8 Å². The minimum Gasteiger partial charge on any atom is -0.368 e. The molecule has 2 amide bonds. The molecule has 0 aromatic carbocycles. The highest BCUT2D eigenvalue weighted by atomic mass is 32.2. The lowest BCUT2D eigenvalue weighted by atomic mass is 10.2. The Morgan fingerprint density at radius 3 is 2.47 bits per heavy atom. The van der Waals surface area contributed by atoms with E-state index >= 15 is 0 Å². The summed E-state index contributed by atoms with van der Waals surface area (Å²) in [5.74, 6) is 0.808. The standard InChI is InChI=1S/C19H33N5O5S/c1-2-20-19(21-7-5-17(25)22-15-6-13-30(27,28)14-15)24-10-8-23(9-11-24)18(26)16-4-3-12-29-16/h15-16H,2-14H2,1H3,(H,20,21)(H,22,25). The quantitative estimate of drug-likeness (QED) is 0.398. The van der Waals surface area contributed by atoms with Crippen LogP contribution in [0, 0.1) is 0 Å². The Hall–Kier alpha value is -1.88. The first-order chi connectivity index (χ1) is 14.4. The average molecular weight is 444 g/mol. The van der Waals surface area contributed by atoms with Crippen LogP contribution in [0.3, 0.4) is 0 Å². The van der Waals surface area contributed by atoms with Crippen molar-refractivity contribution in [3.05, 3.63) is 0 Å². The molecule has 30 heavy (non-hydrogen) atoms. The maximum Gasteiger partial charge on any atom is 0.251 e. The second-order valence-electron chi connectivity index (χ2n) is 7.97. The number of hydrogen-bond donors (Lipinski definition) is 2. The van der Waals surface area contributed by atoms with Gasteiger partial charge in [-0.3, -0.25) is 14.6 Å². The zero-order valence-electron chi connectivity index (χ0n) is 17.6. The van der Waals surface area contributed by atoms with E-state index in [1.165, 1.54) is 0 Å². The van der Waals surface area contributed by atoms with E-state index in [9.17, 15) is 18.0 Å². The molecule has 170 valence electrons. The highest BCUT2D eigenvalue weighted by Crippen LogP contribution is 2.16. The maximum absolute atomic E-state index is 12.5. The number of hydrogen-bond acceptors (Lipinski definition) is 6. The number of nitrogens with one attached hydrogen (secondary N) is 2. The van der Waals surface area contributed by atoms with Crippen LogP contribution in [-0.4, -0.2) is 106 Å². The van der Waals surface area contributed by atoms with Gasteiger partial charge in [-0.25, -0.2) is 8.42 Å². The van der Waals surface area contributed by atoms with Crippen molar-refractivity contribution in [2.75, 3.05) is 57.4 Å². The molecule has 0 aromatic heterocycles. The molecule has 2 unspecified atom stereocenters. The van der Waals surface area contributed by atoms with Crippen molar-refractivity contribution in [2.45, 2.75) is 44.8 Å². The SMILES string of the molecule is CCNC(=NCCC(=O)NC1CCS(=O)(=O)C1)N1CCN(C(=O)C2CCCO2)CC1. The fourth-order valence-corrected chi connectivity index (χ4v) is 5.69. The van der Waals surface area contributed by atoms with Gasteiger partial charge in [0.2, 0.25) is 5.91 Å². The predicted molar refractivity (Wildman–Crippen MR) is 113 cm³/mol. The molecule has 3 aliphatic heterocycles. The molecule has 0 spiro atoms. The van der Waals surface area contributed by atoms with Crippen LogP contribution in [0.2, 0.25) is 0 Å². The Morgan fingerprint density at radius 1 is 1.13 bits per heavy atom. The predicted octanol–water partition coefficient (Wildman–Crippen LogP) is -1.03. The molecular weight excluding hydrogens is 410 g/mol. The van der Waals surface area contributed by atoms with E-state index in [1.807, 2.05) is 11.8 Å². The second kappa shape index (κ2) is 10.4. The monoisotopic (exact) mass is 443 g/mol. The van der Waals surface area contributed by atoms with Gasteiger partial charge in [-0.2, -0.15) is 0 Å². The van der Waals surface area contributed by atoms with Crippen molar-refractivity contribution < 1.29 is 22.7 Å². The Balaban J connectivity index is 1.44. The Bertz CT molecular complexity index is 742. The van der Waals surface area contributed by atoms with Gasteiger partial charge in [0.1, 0.15) is 6.10 Å². The van der Waals surface area contributed by atoms with Gasteiger partial charge in [0.05, 0.1) is 18.1 Å². The Labute approximate surface area is 178 Å². The molecule has 11 heteroatoms. The van der Waals surface area contributed by atoms with Crippen LogP contribution < -0.4 is 10.6 Å². The number of ether oxygens (including phenoxy) is 1. The van der Waals surface area contributed by atoms with Crippen LogP contribution in [0.1, 0.15) is 32.6 Å². The van der Waals surface area contributed by atoms with E-state index in [4.69, 9.17) is 4.74 Å². The first-order valence-corrected chi connectivity index (χ1v) is 12.6. The molecule has 2 N–H and O–H groups in total. The number of aliphatic imine (C=N–C) groups is 1. The second-order valence-corrected chi connectivity index (χ2v) is 10.2. The third-order valence-corrected chi connectivity index (χ3v) is 7.40. The highest BCUT2D eigenvalue weighted by Gasteiger charge is 2.31. The number of carbonyl (C=O) groups excluding carboxylic acids is 2. The summed E-state index contributed by atoms with van der Waals surface area (Å²) in [6.07, 6.45) is 2.15. The molecule has 0 bridgehead atoms. The molecule has 3 aliphatic rings. The number of nitrogens with zero attached hydrogens (tertiary/aromatic N) is 3. The summed E-state index contributed by atoms with van der Waals surface area (Å²) in [6.45, 7) is 6.28. The summed E-state index contributed by atoms with van der Waals surface area (Å²) in [7, 11) is -3.01. The number of carbonyl (C=O) groups is 2. The summed E-state index contributed by atoms with van der Waals surface area (Å²) in [4.78, 5) is 33.1. The van der Waals surface area contributed by atoms with Gasteiger partial charge in [-0.1, -0.05) is 0 Å². The Morgan fingerprint density at radius 2 is 1.87 bits per heavy atom. The van der Waals surface area contributed by atoms with Crippen LogP contribution in [0.25, 0.3) is 0 Å². The number of rotatable bonds is 6. The van der Waals surface area contributed by atoms with Gasteiger partial charge in [0, 0.05) is 51.8 Å². The van der Waals surface area contributed by atoms with Crippen molar-refractivity contribution in [3.8, 4) is 0 Å². The molecule has 0 aromatic rings. The lowest BCUT2D eigenvalue weighted by Gasteiger charge is -2.37. The fourth-order valence-electron chi connectivity index (χ4n) is 4.01. The molecule has 0 aliphatic carbocycles. The summed E-state index contributed by atoms with van der Waals surface area (Å²) in [5, 5.41) is 6.03. The van der Waals surface area contributed by atoms with Crippen molar-refractivity contribution in [3.63, 3.8) is 0 Å². The lowest BCUT2D eigenvalue weighted by Crippen LogP contribution is -2.55. The molecule has 3 saturated heterocycles. The first-order valence-electron chi connectivity index (χ1n) is 10.8. The molecule has 2 atom stereocenters. The van der Waals surface area contributed by atoms with Crippen LogP contribution in [0.15, 0.2) is 4.99 Å². The molecule has 3 fully saturated rings. The summed E-state index contributed by atoms with van der Waals surface area (Å²) < 4.78 is 28.5. The third kappa shape index (κ3) is 6.31. The van der Waals surface area contributed by atoms with Crippen LogP contribution in [0.5, 0.6) is 0 Å². The van der Waals surface area contributed by atoms with Crippen LogP contribution in [0.4, 0.5) is 0 Å². The minimum absolute atomic E-state index is 0.0273. The molecule has 0 radical (unpaired) electrons. The molecule has 10 nitrogen and oxygen atoms in total. The first kappa shape index (κ1) is 22.8. The van der Waals surface area contributed by atoms with E-state index < -0.39 is 9.84 Å². The van der Waals surface area contributed by atoms with E-state index in [-0.39, 0.29) is 41.9 Å². The average Bonchev–Trinajstić information content (AvgIpc) is 3.36. The molecular formula is C19H33N5O5S. The third-order valence-electron chi connectivity index (χ3n) is 5.63. The molecule has 3 rings (SSSR count). The lowest BCUT2D eigenvalue weighted by molar-refractivity contribution is -0.142. The van der Waals surface area contributed by atoms with Crippen LogP contribution in [-0.2, 0) is 24.2 Å². The fraction of sp³-hybridized carbons (Fsp3) is 0.842. The van der Waals surface area contributed by atoms with Gasteiger partial charge in [-0.15, -0.1) is 0 Å². The van der Waals surface area contributed by atoms with E-state index in [1.54, 1.807) is 0 Å². The normalized spacial score (nSPS) is 26.6. The maximum atomic E-state index is 12.5. The highest BCUT2D eigenvalue weighted by molar-refractivity contribution is 7.91. The zero-order valence-corrected chi connectivity index (χ0v) is 18.5. The zero-order chi connectivity index (χ0) is 21.6. The van der Waals surface area contributed by atoms with Gasteiger partial charge in [0.15, 0.2) is 15.8 Å². The van der Waals surface area contributed by atoms with Gasteiger partial charge >= 0.3 is 0 Å². The van der Waals surface area contributed by atoms with Gasteiger partial charge in [0.25, 0.3) is 5.91 Å². The van der Waals surface area contributed by atoms with Gasteiger partial charge < -0.3 is 25.2 Å². The summed E-state index contributed by atoms with van der Waals surface area (Å²) >= 11 is 0. The summed E-state index contributed by atoms with van der Waals surface area (Å²) in [6, 6.07) is -0.283. The molecule has 0 saturated carbocycles. The van der Waals surface area contributed by atoms with Crippen LogP contribution >= 0.6 is 0 Å². The largest absolute Gasteiger partial charge is 0.368 e. The van der Waals surface area contributed by atoms with Crippen molar-refractivity contribution in [1.29, 1.82) is 0 Å². The summed E-state index contributed by atoms with van der Waals surface area (Å²) in [5.41, 5.74) is 0. The number of piperazine rings is 1. The number of guanidine groups is 1. The van der Waals surface area contributed by atoms with E-state index in [0.29, 0.717) is 52.3 Å². The smallest absolute Gasteiger partial charge is 0.251 e. The number of amides is 2. The van der Waals surface area contributed by atoms with Gasteiger partial charge in [-0.05, 0) is 26.2 Å². The van der Waals surface area contributed by atoms with Crippen molar-refractivity contribution in [1.82, 2.24) is 20.4 Å². The number of sulfone groups is 1. The van der Waals surface area contributed by atoms with Crippen molar-refractivity contribution >= 4 is 27.6 Å². The molecule has 3 heterocycles. The van der Waals surface area contributed by atoms with Crippen molar-refractivity contribution in [2.24, 2.45) is 4.99 Å². The topological polar surface area (TPSA) is 120 Å². The minimum atomic E-state index is -3.01. The Kier molecular flexibility index (Phi) is 7.93. The van der Waals surface area contributed by atoms with E-state index in [2.05, 4.69) is 20.5 Å².